The third-order valence-electron chi connectivity index (χ3n) is 6.59. The Morgan fingerprint density at radius 3 is 1.87 bits per heavy atom. The highest BCUT2D eigenvalue weighted by Gasteiger charge is 2.30. The average Bonchev–Trinajstić information content (AvgIpc) is 2.60. The lowest BCUT2D eigenvalue weighted by Gasteiger charge is -2.38. The zero-order valence-electron chi connectivity index (χ0n) is 16.0. The second kappa shape index (κ2) is 11.5. The first-order valence-electron chi connectivity index (χ1n) is 10.9. The number of hydrogen-bond donors (Lipinski definition) is 0. The fourth-order valence-corrected chi connectivity index (χ4v) is 4.93. The van der Waals surface area contributed by atoms with Gasteiger partial charge in [-0.1, -0.05) is 65.2 Å². The largest absolute Gasteiger partial charge is 0.378 e. The fourth-order valence-electron chi connectivity index (χ4n) is 4.93. The molecule has 0 atom stereocenters. The van der Waals surface area contributed by atoms with Gasteiger partial charge in [0.25, 0.3) is 0 Å². The second-order valence-corrected chi connectivity index (χ2v) is 8.39. The molecule has 0 aromatic carbocycles. The van der Waals surface area contributed by atoms with Gasteiger partial charge in [0.15, 0.2) is 0 Å². The van der Waals surface area contributed by atoms with Crippen molar-refractivity contribution in [1.82, 2.24) is 0 Å². The molecule has 0 bridgehead atoms. The highest BCUT2D eigenvalue weighted by molar-refractivity contribution is 4.82. The van der Waals surface area contributed by atoms with E-state index in [4.69, 9.17) is 4.74 Å². The van der Waals surface area contributed by atoms with Gasteiger partial charge in [0.05, 0.1) is 6.10 Å². The molecular weight excluding hydrogens is 280 g/mol. The van der Waals surface area contributed by atoms with Crippen molar-refractivity contribution in [2.24, 2.45) is 17.8 Å². The summed E-state index contributed by atoms with van der Waals surface area (Å²) in [7, 11) is 0. The summed E-state index contributed by atoms with van der Waals surface area (Å²) in [6, 6.07) is 0. The predicted octanol–water partition coefficient (Wildman–Crippen LogP) is 7.14. The van der Waals surface area contributed by atoms with E-state index < -0.39 is 0 Å². The van der Waals surface area contributed by atoms with Crippen LogP contribution in [0.15, 0.2) is 0 Å². The quantitative estimate of drug-likeness (QED) is 0.388. The molecule has 2 aliphatic carbocycles. The summed E-state index contributed by atoms with van der Waals surface area (Å²) in [6.07, 6.45) is 22.1. The van der Waals surface area contributed by atoms with Gasteiger partial charge in [-0.3, -0.25) is 0 Å². The van der Waals surface area contributed by atoms with Gasteiger partial charge in [-0.15, -0.1) is 0 Å². The second-order valence-electron chi connectivity index (χ2n) is 8.39. The highest BCUT2D eigenvalue weighted by Crippen LogP contribution is 2.41. The lowest BCUT2D eigenvalue weighted by Crippen LogP contribution is -2.28. The summed E-state index contributed by atoms with van der Waals surface area (Å²) >= 11 is 0. The topological polar surface area (TPSA) is 9.23 Å². The van der Waals surface area contributed by atoms with E-state index in [1.165, 1.54) is 96.3 Å². The molecule has 1 nitrogen and oxygen atoms in total. The first kappa shape index (κ1) is 19.3. The van der Waals surface area contributed by atoms with Gasteiger partial charge in [0.1, 0.15) is 0 Å². The molecule has 0 unspecified atom stereocenters. The molecule has 0 spiro atoms. The standard InChI is InChI=1S/C22H42O/c1-3-5-7-8-9-19-10-12-20(13-11-19)21-14-16-22(17-15-21)23-18-6-4-2/h19-22H,3-18H2,1-2H3/t19?,20?,21-,22-. The number of ether oxygens (including phenoxy) is 1. The van der Waals surface area contributed by atoms with Crippen molar-refractivity contribution < 1.29 is 4.74 Å². The van der Waals surface area contributed by atoms with Crippen LogP contribution in [0.4, 0.5) is 0 Å². The van der Waals surface area contributed by atoms with E-state index in [-0.39, 0.29) is 0 Å². The molecule has 136 valence electrons. The third-order valence-corrected chi connectivity index (χ3v) is 6.59. The first-order chi connectivity index (χ1) is 11.3. The van der Waals surface area contributed by atoms with Crippen LogP contribution in [0.25, 0.3) is 0 Å². The van der Waals surface area contributed by atoms with Crippen LogP contribution in [0.2, 0.25) is 0 Å². The van der Waals surface area contributed by atoms with Crippen molar-refractivity contribution in [3.8, 4) is 0 Å². The van der Waals surface area contributed by atoms with E-state index in [1.807, 2.05) is 0 Å². The van der Waals surface area contributed by atoms with Crippen LogP contribution in [0, 0.1) is 17.8 Å². The maximum Gasteiger partial charge on any atom is 0.0575 e. The maximum atomic E-state index is 6.04. The van der Waals surface area contributed by atoms with Gasteiger partial charge < -0.3 is 4.74 Å². The van der Waals surface area contributed by atoms with Crippen molar-refractivity contribution in [3.63, 3.8) is 0 Å². The summed E-state index contributed by atoms with van der Waals surface area (Å²) in [5.74, 6) is 3.15. The molecule has 2 aliphatic rings. The predicted molar refractivity (Wildman–Crippen MR) is 101 cm³/mol. The van der Waals surface area contributed by atoms with Gasteiger partial charge in [-0.05, 0) is 62.7 Å². The van der Waals surface area contributed by atoms with Gasteiger partial charge in [0, 0.05) is 6.61 Å². The highest BCUT2D eigenvalue weighted by atomic mass is 16.5. The first-order valence-corrected chi connectivity index (χ1v) is 10.9. The van der Waals surface area contributed by atoms with Crippen LogP contribution < -0.4 is 0 Å². The molecule has 0 aromatic heterocycles. The Morgan fingerprint density at radius 1 is 0.652 bits per heavy atom. The fraction of sp³-hybridized carbons (Fsp3) is 1.00. The molecule has 0 radical (unpaired) electrons. The van der Waals surface area contributed by atoms with E-state index in [0.717, 1.165) is 24.4 Å². The number of unbranched alkanes of at least 4 members (excludes halogenated alkanes) is 4. The van der Waals surface area contributed by atoms with E-state index in [2.05, 4.69) is 13.8 Å². The molecule has 0 heterocycles. The van der Waals surface area contributed by atoms with Crippen molar-refractivity contribution in [2.75, 3.05) is 6.61 Å². The molecule has 2 saturated carbocycles. The van der Waals surface area contributed by atoms with Crippen LogP contribution in [0.5, 0.6) is 0 Å². The lowest BCUT2D eigenvalue weighted by molar-refractivity contribution is 0.00576. The smallest absolute Gasteiger partial charge is 0.0575 e. The Labute approximate surface area is 146 Å². The molecule has 2 fully saturated rings. The summed E-state index contributed by atoms with van der Waals surface area (Å²) in [4.78, 5) is 0. The Hall–Kier alpha value is -0.0400. The third kappa shape index (κ3) is 7.16. The summed E-state index contributed by atoms with van der Waals surface area (Å²) in [5, 5.41) is 0. The Balaban J connectivity index is 1.55. The molecule has 0 saturated heterocycles. The Bertz CT molecular complexity index is 272. The van der Waals surface area contributed by atoms with E-state index in [9.17, 15) is 0 Å². The molecule has 0 amide bonds. The lowest BCUT2D eigenvalue weighted by atomic mass is 9.70. The van der Waals surface area contributed by atoms with Gasteiger partial charge in [-0.25, -0.2) is 0 Å². The van der Waals surface area contributed by atoms with Crippen LogP contribution in [-0.4, -0.2) is 12.7 Å². The van der Waals surface area contributed by atoms with Crippen molar-refractivity contribution >= 4 is 0 Å². The average molecular weight is 323 g/mol. The zero-order chi connectivity index (χ0) is 16.3. The SMILES string of the molecule is CCCCCCC1CCC([C@H]2CC[C@H](OCCCC)CC2)CC1. The van der Waals surface area contributed by atoms with E-state index >= 15 is 0 Å². The van der Waals surface area contributed by atoms with Crippen LogP contribution in [0.3, 0.4) is 0 Å². The monoisotopic (exact) mass is 322 g/mol. The van der Waals surface area contributed by atoms with E-state index in [0.29, 0.717) is 6.10 Å². The molecule has 2 rings (SSSR count). The minimum Gasteiger partial charge on any atom is -0.378 e. The summed E-state index contributed by atoms with van der Waals surface area (Å²) < 4.78 is 6.04. The van der Waals surface area contributed by atoms with Crippen molar-refractivity contribution in [3.05, 3.63) is 0 Å². The molecule has 1 heteroatoms. The van der Waals surface area contributed by atoms with Gasteiger partial charge >= 0.3 is 0 Å². The van der Waals surface area contributed by atoms with Gasteiger partial charge in [-0.2, -0.15) is 0 Å². The molecule has 23 heavy (non-hydrogen) atoms. The van der Waals surface area contributed by atoms with Gasteiger partial charge in [0.2, 0.25) is 0 Å². The summed E-state index contributed by atoms with van der Waals surface area (Å²) in [5.41, 5.74) is 0. The summed E-state index contributed by atoms with van der Waals surface area (Å²) in [6.45, 7) is 5.56. The van der Waals surface area contributed by atoms with Crippen LogP contribution in [-0.2, 0) is 4.74 Å². The van der Waals surface area contributed by atoms with Crippen molar-refractivity contribution in [1.29, 1.82) is 0 Å². The molecule has 0 aliphatic heterocycles. The number of hydrogen-bond acceptors (Lipinski definition) is 1. The molecular formula is C22H42O. The Morgan fingerprint density at radius 2 is 1.26 bits per heavy atom. The molecule has 0 N–H and O–H groups in total. The normalized spacial score (nSPS) is 32.1. The molecule has 0 aromatic rings. The van der Waals surface area contributed by atoms with E-state index in [1.54, 1.807) is 0 Å². The zero-order valence-corrected chi connectivity index (χ0v) is 16.0. The minimum atomic E-state index is 0.590. The Kier molecular flexibility index (Phi) is 9.65. The maximum absolute atomic E-state index is 6.04. The minimum absolute atomic E-state index is 0.590. The van der Waals surface area contributed by atoms with Crippen LogP contribution >= 0.6 is 0 Å². The number of rotatable bonds is 10. The van der Waals surface area contributed by atoms with Crippen LogP contribution in [0.1, 0.15) is 110 Å². The van der Waals surface area contributed by atoms with Crippen molar-refractivity contribution in [2.45, 2.75) is 116 Å².